The molecule has 0 radical (unpaired) electrons. The van der Waals surface area contributed by atoms with Gasteiger partial charge in [-0.15, -0.1) is 0 Å². The van der Waals surface area contributed by atoms with Crippen LogP contribution in [0.1, 0.15) is 0 Å². The van der Waals surface area contributed by atoms with Crippen LogP contribution >= 0.6 is 0 Å². The molecule has 0 amide bonds. The Kier molecular flexibility index (Phi) is 3.55. The summed E-state index contributed by atoms with van der Waals surface area (Å²) in [6.45, 7) is 0. The van der Waals surface area contributed by atoms with E-state index in [0.717, 1.165) is 28.5 Å². The number of aromatic nitrogens is 4. The van der Waals surface area contributed by atoms with Crippen LogP contribution < -0.4 is 10.6 Å². The minimum absolute atomic E-state index is 0.682. The average molecular weight is 316 g/mol. The summed E-state index contributed by atoms with van der Waals surface area (Å²) in [5.41, 5.74) is 2.99. The lowest BCUT2D eigenvalue weighted by Gasteiger charge is -2.08. The number of aryl methyl sites for hydroxylation is 1. The molecule has 0 saturated heterocycles. The lowest BCUT2D eigenvalue weighted by molar-refractivity contribution is 0.954. The Morgan fingerprint density at radius 3 is 2.33 bits per heavy atom. The average Bonchev–Trinajstić information content (AvgIpc) is 2.92. The predicted octanol–water partition coefficient (Wildman–Crippen LogP) is 3.85. The number of benzene rings is 2. The first kappa shape index (κ1) is 14.2. The Bertz CT molecular complexity index is 977. The zero-order valence-electron chi connectivity index (χ0n) is 13.1. The van der Waals surface area contributed by atoms with Crippen molar-refractivity contribution in [1.29, 1.82) is 0 Å². The lowest BCUT2D eigenvalue weighted by Crippen LogP contribution is -2.02. The van der Waals surface area contributed by atoms with Gasteiger partial charge >= 0.3 is 0 Å². The van der Waals surface area contributed by atoms with Gasteiger partial charge in [-0.3, -0.25) is 0 Å². The molecule has 0 aliphatic rings. The first-order valence-electron chi connectivity index (χ1n) is 7.62. The van der Waals surface area contributed by atoms with E-state index in [1.54, 1.807) is 0 Å². The normalized spacial score (nSPS) is 10.7. The van der Waals surface area contributed by atoms with Crippen LogP contribution in [-0.2, 0) is 7.05 Å². The van der Waals surface area contributed by atoms with Gasteiger partial charge < -0.3 is 15.2 Å². The van der Waals surface area contributed by atoms with E-state index in [1.807, 2.05) is 72.3 Å². The van der Waals surface area contributed by atoms with Crippen LogP contribution in [0, 0.1) is 0 Å². The Labute approximate surface area is 139 Å². The molecule has 0 atom stereocenters. The molecular formula is C18H16N6. The minimum atomic E-state index is 0.682. The SMILES string of the molecule is Cn1c(Nc2cc(Nc3ccccc3)ncn2)nc2ccccc21. The molecule has 0 saturated carbocycles. The molecule has 4 rings (SSSR count). The van der Waals surface area contributed by atoms with Crippen molar-refractivity contribution >= 4 is 34.3 Å². The fraction of sp³-hybridized carbons (Fsp3) is 0.0556. The maximum atomic E-state index is 4.59. The van der Waals surface area contributed by atoms with Crippen molar-refractivity contribution in [2.45, 2.75) is 0 Å². The number of nitrogens with zero attached hydrogens (tertiary/aromatic N) is 4. The first-order chi connectivity index (χ1) is 11.8. The van der Waals surface area contributed by atoms with Crippen LogP contribution in [-0.4, -0.2) is 19.5 Å². The smallest absolute Gasteiger partial charge is 0.209 e. The predicted molar refractivity (Wildman–Crippen MR) is 95.8 cm³/mol. The molecule has 118 valence electrons. The highest BCUT2D eigenvalue weighted by Gasteiger charge is 2.08. The van der Waals surface area contributed by atoms with Crippen LogP contribution in [0.5, 0.6) is 0 Å². The number of hydrogen-bond acceptors (Lipinski definition) is 5. The molecular weight excluding hydrogens is 300 g/mol. The van der Waals surface area contributed by atoms with Gasteiger partial charge in [-0.1, -0.05) is 30.3 Å². The largest absolute Gasteiger partial charge is 0.340 e. The number of fused-ring (bicyclic) bond motifs is 1. The van der Waals surface area contributed by atoms with E-state index in [1.165, 1.54) is 6.33 Å². The number of imidazole rings is 1. The fourth-order valence-corrected chi connectivity index (χ4v) is 2.54. The van der Waals surface area contributed by atoms with Crippen LogP contribution in [0.4, 0.5) is 23.3 Å². The van der Waals surface area contributed by atoms with Gasteiger partial charge in [0.15, 0.2) is 0 Å². The molecule has 0 unspecified atom stereocenters. The van der Waals surface area contributed by atoms with Gasteiger partial charge in [0.2, 0.25) is 5.95 Å². The minimum Gasteiger partial charge on any atom is -0.340 e. The van der Waals surface area contributed by atoms with Gasteiger partial charge in [-0.2, -0.15) is 0 Å². The molecule has 2 aromatic heterocycles. The molecule has 0 fully saturated rings. The fourth-order valence-electron chi connectivity index (χ4n) is 2.54. The zero-order chi connectivity index (χ0) is 16.4. The quantitative estimate of drug-likeness (QED) is 0.598. The molecule has 6 heteroatoms. The molecule has 0 spiro atoms. The molecule has 0 aliphatic heterocycles. The van der Waals surface area contributed by atoms with Crippen LogP contribution in [0.25, 0.3) is 11.0 Å². The summed E-state index contributed by atoms with van der Waals surface area (Å²) in [6, 6.07) is 19.8. The second-order valence-electron chi connectivity index (χ2n) is 5.39. The maximum Gasteiger partial charge on any atom is 0.209 e. The Morgan fingerprint density at radius 1 is 0.833 bits per heavy atom. The second-order valence-corrected chi connectivity index (χ2v) is 5.39. The van der Waals surface area contributed by atoms with Crippen molar-refractivity contribution in [3.63, 3.8) is 0 Å². The van der Waals surface area contributed by atoms with Gasteiger partial charge in [-0.05, 0) is 24.3 Å². The van der Waals surface area contributed by atoms with Crippen molar-refractivity contribution in [3.05, 3.63) is 67.0 Å². The van der Waals surface area contributed by atoms with E-state index >= 15 is 0 Å². The molecule has 0 bridgehead atoms. The molecule has 24 heavy (non-hydrogen) atoms. The van der Waals surface area contributed by atoms with Crippen molar-refractivity contribution in [1.82, 2.24) is 19.5 Å². The van der Waals surface area contributed by atoms with E-state index < -0.39 is 0 Å². The third kappa shape index (κ3) is 2.77. The van der Waals surface area contributed by atoms with E-state index in [4.69, 9.17) is 0 Å². The summed E-state index contributed by atoms with van der Waals surface area (Å²) in [4.78, 5) is 13.1. The number of para-hydroxylation sites is 3. The molecule has 4 aromatic rings. The number of hydrogen-bond donors (Lipinski definition) is 2. The van der Waals surface area contributed by atoms with Crippen LogP contribution in [0.15, 0.2) is 67.0 Å². The molecule has 2 N–H and O–H groups in total. The van der Waals surface area contributed by atoms with Crippen LogP contribution in [0.3, 0.4) is 0 Å². The van der Waals surface area contributed by atoms with Gasteiger partial charge in [0.25, 0.3) is 0 Å². The summed E-state index contributed by atoms with van der Waals surface area (Å²) in [6.07, 6.45) is 1.52. The Hall–Kier alpha value is -3.41. The topological polar surface area (TPSA) is 67.7 Å². The van der Waals surface area contributed by atoms with E-state index in [9.17, 15) is 0 Å². The lowest BCUT2D eigenvalue weighted by atomic mass is 10.3. The van der Waals surface area contributed by atoms with E-state index in [0.29, 0.717) is 5.82 Å². The van der Waals surface area contributed by atoms with Crippen molar-refractivity contribution in [3.8, 4) is 0 Å². The van der Waals surface area contributed by atoms with E-state index in [2.05, 4.69) is 25.6 Å². The second kappa shape index (κ2) is 6.00. The van der Waals surface area contributed by atoms with E-state index in [-0.39, 0.29) is 0 Å². The number of anilines is 4. The standard InChI is InChI=1S/C18H16N6/c1-24-15-10-6-5-9-14(15)22-18(24)23-17-11-16(19-12-20-17)21-13-7-3-2-4-8-13/h2-12H,1H3,(H2,19,20,21,22,23). The van der Waals surface area contributed by atoms with Crippen LogP contribution in [0.2, 0.25) is 0 Å². The third-order valence-corrected chi connectivity index (χ3v) is 3.74. The summed E-state index contributed by atoms with van der Waals surface area (Å²) >= 11 is 0. The molecule has 2 heterocycles. The van der Waals surface area contributed by atoms with Crippen molar-refractivity contribution in [2.24, 2.45) is 7.05 Å². The maximum absolute atomic E-state index is 4.59. The summed E-state index contributed by atoms with van der Waals surface area (Å²) < 4.78 is 2.00. The van der Waals surface area contributed by atoms with Gasteiger partial charge in [0, 0.05) is 18.8 Å². The highest BCUT2D eigenvalue weighted by Crippen LogP contribution is 2.22. The van der Waals surface area contributed by atoms with Crippen molar-refractivity contribution < 1.29 is 0 Å². The molecule has 2 aromatic carbocycles. The summed E-state index contributed by atoms with van der Waals surface area (Å²) in [5, 5.41) is 6.50. The molecule has 6 nitrogen and oxygen atoms in total. The highest BCUT2D eigenvalue weighted by atomic mass is 15.2. The number of rotatable bonds is 4. The first-order valence-corrected chi connectivity index (χ1v) is 7.62. The Balaban J connectivity index is 1.60. The highest BCUT2D eigenvalue weighted by molar-refractivity contribution is 5.79. The van der Waals surface area contributed by atoms with Gasteiger partial charge in [0.05, 0.1) is 11.0 Å². The summed E-state index contributed by atoms with van der Waals surface area (Å²) in [5.74, 6) is 2.14. The molecule has 0 aliphatic carbocycles. The van der Waals surface area contributed by atoms with Gasteiger partial charge in [-0.25, -0.2) is 15.0 Å². The van der Waals surface area contributed by atoms with Gasteiger partial charge in [0.1, 0.15) is 18.0 Å². The summed E-state index contributed by atoms with van der Waals surface area (Å²) in [7, 11) is 1.97. The monoisotopic (exact) mass is 316 g/mol. The zero-order valence-corrected chi connectivity index (χ0v) is 13.1. The van der Waals surface area contributed by atoms with Crippen molar-refractivity contribution in [2.75, 3.05) is 10.6 Å². The Morgan fingerprint density at radius 2 is 1.54 bits per heavy atom. The third-order valence-electron chi connectivity index (χ3n) is 3.74. The number of nitrogens with one attached hydrogen (secondary N) is 2.